The van der Waals surface area contributed by atoms with Gasteiger partial charge in [-0.25, -0.2) is 0 Å². The molecule has 1 rings (SSSR count). The van der Waals surface area contributed by atoms with Crippen LogP contribution in [0.3, 0.4) is 0 Å². The molecule has 3 nitrogen and oxygen atoms in total. The number of hydrogen-bond acceptors (Lipinski definition) is 2. The standard InChI is InChI=1S/C12H15BrO3/c1-7(2)9-4-3-8(6-13)10(12(9)16)5-11(14)15/h3-4,7,16H,5-6H2,1-2H3,(H,14,15). The van der Waals surface area contributed by atoms with E-state index >= 15 is 0 Å². The number of halogens is 1. The highest BCUT2D eigenvalue weighted by Crippen LogP contribution is 2.32. The average Bonchev–Trinajstić information content (AvgIpc) is 2.19. The van der Waals surface area contributed by atoms with Crippen LogP contribution in [-0.4, -0.2) is 16.2 Å². The molecule has 1 aromatic rings. The predicted molar refractivity (Wildman–Crippen MR) is 66.2 cm³/mol. The van der Waals surface area contributed by atoms with Crippen molar-refractivity contribution in [3.63, 3.8) is 0 Å². The number of rotatable bonds is 4. The number of phenolic OH excluding ortho intramolecular Hbond substituents is 1. The highest BCUT2D eigenvalue weighted by molar-refractivity contribution is 9.08. The Kier molecular flexibility index (Phi) is 4.35. The molecular weight excluding hydrogens is 272 g/mol. The number of carboxylic acid groups (broad SMARTS) is 1. The fourth-order valence-corrected chi connectivity index (χ4v) is 2.16. The maximum atomic E-state index is 10.7. The Hall–Kier alpha value is -1.03. The molecule has 2 N–H and O–H groups in total. The third kappa shape index (κ3) is 2.76. The van der Waals surface area contributed by atoms with Crippen LogP contribution >= 0.6 is 15.9 Å². The van der Waals surface area contributed by atoms with Crippen LogP contribution in [0.25, 0.3) is 0 Å². The smallest absolute Gasteiger partial charge is 0.307 e. The summed E-state index contributed by atoms with van der Waals surface area (Å²) >= 11 is 3.29. The Morgan fingerprint density at radius 2 is 2.06 bits per heavy atom. The molecule has 0 fully saturated rings. The van der Waals surface area contributed by atoms with Gasteiger partial charge in [0.1, 0.15) is 5.75 Å². The minimum absolute atomic E-state index is 0.120. The molecule has 1 aromatic carbocycles. The van der Waals surface area contributed by atoms with Gasteiger partial charge in [-0.15, -0.1) is 0 Å². The first-order valence-electron chi connectivity index (χ1n) is 5.08. The lowest BCUT2D eigenvalue weighted by atomic mass is 9.94. The van der Waals surface area contributed by atoms with Crippen LogP contribution in [0.5, 0.6) is 5.75 Å². The summed E-state index contributed by atoms with van der Waals surface area (Å²) in [6, 6.07) is 3.71. The molecule has 0 aliphatic rings. The minimum Gasteiger partial charge on any atom is -0.507 e. The molecule has 0 aliphatic heterocycles. The maximum absolute atomic E-state index is 10.7. The Balaban J connectivity index is 3.28. The van der Waals surface area contributed by atoms with E-state index in [1.807, 2.05) is 26.0 Å². The van der Waals surface area contributed by atoms with Crippen molar-refractivity contribution >= 4 is 21.9 Å². The summed E-state index contributed by atoms with van der Waals surface area (Å²) in [6.45, 7) is 3.93. The van der Waals surface area contributed by atoms with Crippen molar-refractivity contribution in [1.82, 2.24) is 0 Å². The van der Waals surface area contributed by atoms with E-state index in [-0.39, 0.29) is 18.1 Å². The molecular formula is C12H15BrO3. The number of benzene rings is 1. The second kappa shape index (κ2) is 5.34. The van der Waals surface area contributed by atoms with E-state index in [2.05, 4.69) is 15.9 Å². The molecule has 0 radical (unpaired) electrons. The number of alkyl halides is 1. The average molecular weight is 287 g/mol. The lowest BCUT2D eigenvalue weighted by Gasteiger charge is -2.14. The fraction of sp³-hybridized carbons (Fsp3) is 0.417. The van der Waals surface area contributed by atoms with Crippen LogP contribution in [0.2, 0.25) is 0 Å². The van der Waals surface area contributed by atoms with Gasteiger partial charge in [0, 0.05) is 10.9 Å². The first-order chi connectivity index (χ1) is 7.47. The van der Waals surface area contributed by atoms with Crippen LogP contribution in [0.4, 0.5) is 0 Å². The van der Waals surface area contributed by atoms with Gasteiger partial charge in [-0.3, -0.25) is 4.79 Å². The predicted octanol–water partition coefficient (Wildman–Crippen LogP) is 3.04. The molecule has 16 heavy (non-hydrogen) atoms. The molecule has 0 saturated carbocycles. The summed E-state index contributed by atoms with van der Waals surface area (Å²) in [5, 5.41) is 19.4. The van der Waals surface area contributed by atoms with Gasteiger partial charge >= 0.3 is 5.97 Å². The van der Waals surface area contributed by atoms with Crippen LogP contribution in [-0.2, 0) is 16.5 Å². The summed E-state index contributed by atoms with van der Waals surface area (Å²) in [6.07, 6.45) is -0.146. The molecule has 0 atom stereocenters. The van der Waals surface area contributed by atoms with E-state index in [4.69, 9.17) is 5.11 Å². The van der Waals surface area contributed by atoms with Gasteiger partial charge in [-0.05, 0) is 17.0 Å². The summed E-state index contributed by atoms with van der Waals surface area (Å²) in [4.78, 5) is 10.7. The zero-order valence-electron chi connectivity index (χ0n) is 9.33. The van der Waals surface area contributed by atoms with Gasteiger partial charge in [0.2, 0.25) is 0 Å². The highest BCUT2D eigenvalue weighted by atomic mass is 79.9. The number of carbonyl (C=O) groups is 1. The molecule has 88 valence electrons. The summed E-state index contributed by atoms with van der Waals surface area (Å²) in [7, 11) is 0. The third-order valence-electron chi connectivity index (χ3n) is 2.50. The number of aliphatic carboxylic acids is 1. The first kappa shape index (κ1) is 13.0. The topological polar surface area (TPSA) is 57.5 Å². The van der Waals surface area contributed by atoms with Gasteiger partial charge < -0.3 is 10.2 Å². The van der Waals surface area contributed by atoms with Crippen LogP contribution in [0.15, 0.2) is 12.1 Å². The van der Waals surface area contributed by atoms with Crippen molar-refractivity contribution in [3.8, 4) is 5.75 Å². The van der Waals surface area contributed by atoms with Crippen molar-refractivity contribution in [1.29, 1.82) is 0 Å². The Morgan fingerprint density at radius 1 is 1.44 bits per heavy atom. The van der Waals surface area contributed by atoms with Gasteiger partial charge in [-0.2, -0.15) is 0 Å². The van der Waals surface area contributed by atoms with E-state index < -0.39 is 5.97 Å². The molecule has 0 heterocycles. The zero-order valence-corrected chi connectivity index (χ0v) is 10.9. The molecule has 0 amide bonds. The second-order valence-electron chi connectivity index (χ2n) is 4.00. The molecule has 0 aliphatic carbocycles. The zero-order chi connectivity index (χ0) is 12.3. The Morgan fingerprint density at radius 3 is 2.50 bits per heavy atom. The Labute approximate surface area is 103 Å². The number of carboxylic acids is 1. The van der Waals surface area contributed by atoms with E-state index in [0.29, 0.717) is 10.9 Å². The van der Waals surface area contributed by atoms with E-state index in [1.165, 1.54) is 0 Å². The minimum atomic E-state index is -0.932. The fourth-order valence-electron chi connectivity index (χ4n) is 1.64. The van der Waals surface area contributed by atoms with Crippen molar-refractivity contribution in [2.24, 2.45) is 0 Å². The van der Waals surface area contributed by atoms with Crippen molar-refractivity contribution < 1.29 is 15.0 Å². The molecule has 4 heteroatoms. The van der Waals surface area contributed by atoms with E-state index in [1.54, 1.807) is 0 Å². The molecule has 0 unspecified atom stereocenters. The van der Waals surface area contributed by atoms with Crippen LogP contribution in [0.1, 0.15) is 36.5 Å². The van der Waals surface area contributed by atoms with Gasteiger partial charge in [0.15, 0.2) is 0 Å². The van der Waals surface area contributed by atoms with Crippen LogP contribution in [0, 0.1) is 0 Å². The van der Waals surface area contributed by atoms with Gasteiger partial charge in [0.25, 0.3) is 0 Å². The van der Waals surface area contributed by atoms with Crippen molar-refractivity contribution in [2.75, 3.05) is 0 Å². The maximum Gasteiger partial charge on any atom is 0.307 e. The van der Waals surface area contributed by atoms with E-state index in [0.717, 1.165) is 11.1 Å². The SMILES string of the molecule is CC(C)c1ccc(CBr)c(CC(=O)O)c1O. The van der Waals surface area contributed by atoms with Gasteiger partial charge in [-0.1, -0.05) is 41.9 Å². The third-order valence-corrected chi connectivity index (χ3v) is 3.11. The first-order valence-corrected chi connectivity index (χ1v) is 6.20. The quantitative estimate of drug-likeness (QED) is 0.837. The van der Waals surface area contributed by atoms with Gasteiger partial charge in [0.05, 0.1) is 6.42 Å². The lowest BCUT2D eigenvalue weighted by Crippen LogP contribution is -2.05. The molecule has 0 saturated heterocycles. The lowest BCUT2D eigenvalue weighted by molar-refractivity contribution is -0.136. The highest BCUT2D eigenvalue weighted by Gasteiger charge is 2.16. The summed E-state index contributed by atoms with van der Waals surface area (Å²) < 4.78 is 0. The van der Waals surface area contributed by atoms with E-state index in [9.17, 15) is 9.90 Å². The number of phenols is 1. The second-order valence-corrected chi connectivity index (χ2v) is 4.56. The molecule has 0 bridgehead atoms. The number of hydrogen-bond donors (Lipinski definition) is 2. The van der Waals surface area contributed by atoms with Crippen LogP contribution < -0.4 is 0 Å². The molecule has 0 spiro atoms. The Bertz CT molecular complexity index is 399. The normalized spacial score (nSPS) is 10.8. The number of aromatic hydroxyl groups is 1. The summed E-state index contributed by atoms with van der Waals surface area (Å²) in [5.74, 6) is -0.635. The largest absolute Gasteiger partial charge is 0.507 e. The monoisotopic (exact) mass is 286 g/mol. The van der Waals surface area contributed by atoms with Crippen molar-refractivity contribution in [2.45, 2.75) is 31.5 Å². The molecule has 0 aromatic heterocycles. The van der Waals surface area contributed by atoms with Crippen molar-refractivity contribution in [3.05, 3.63) is 28.8 Å². The summed E-state index contributed by atoms with van der Waals surface area (Å²) in [5.41, 5.74) is 2.13.